The van der Waals surface area contributed by atoms with Gasteiger partial charge in [-0.2, -0.15) is 0 Å². The average molecular weight is 248 g/mol. The van der Waals surface area contributed by atoms with E-state index in [1.807, 2.05) is 41.5 Å². The topological polar surface area (TPSA) is 30.9 Å². The minimum atomic E-state index is -0.165. The molecule has 2 heteroatoms. The van der Waals surface area contributed by atoms with Gasteiger partial charge in [0.25, 0.3) is 0 Å². The summed E-state index contributed by atoms with van der Waals surface area (Å²) in [7, 11) is 0. The van der Waals surface area contributed by atoms with Crippen molar-refractivity contribution in [2.75, 3.05) is 0 Å². The molecule has 1 aromatic heterocycles. The van der Waals surface area contributed by atoms with E-state index in [0.717, 1.165) is 6.54 Å². The summed E-state index contributed by atoms with van der Waals surface area (Å²) in [5.41, 5.74) is 7.09. The smallest absolute Gasteiger partial charge is 0.0480 e. The average Bonchev–Trinajstić information content (AvgIpc) is 2.76. The summed E-state index contributed by atoms with van der Waals surface area (Å²) in [6.45, 7) is 12.9. The normalized spacial score (nSPS) is 10.2. The van der Waals surface area contributed by atoms with Crippen molar-refractivity contribution in [3.05, 3.63) is 36.5 Å². The fourth-order valence-electron chi connectivity index (χ4n) is 1.72. The molecule has 0 bridgehead atoms. The van der Waals surface area contributed by atoms with Gasteiger partial charge in [0.05, 0.1) is 0 Å². The maximum absolute atomic E-state index is 6.00. The summed E-state index contributed by atoms with van der Waals surface area (Å²) in [4.78, 5) is 0. The highest BCUT2D eigenvalue weighted by atomic mass is 15.0. The van der Waals surface area contributed by atoms with Gasteiger partial charge in [0.15, 0.2) is 0 Å². The molecule has 2 aromatic rings. The van der Waals surface area contributed by atoms with Gasteiger partial charge in [-0.25, -0.2) is 0 Å². The van der Waals surface area contributed by atoms with E-state index in [0.29, 0.717) is 0 Å². The lowest BCUT2D eigenvalue weighted by Gasteiger charge is -2.19. The van der Waals surface area contributed by atoms with Crippen molar-refractivity contribution in [2.45, 2.75) is 53.6 Å². The molecule has 0 aliphatic heterocycles. The molecule has 0 amide bonds. The Labute approximate surface area is 112 Å². The van der Waals surface area contributed by atoms with Gasteiger partial charge in [0.1, 0.15) is 0 Å². The highest BCUT2D eigenvalue weighted by Crippen LogP contribution is 2.16. The maximum Gasteiger partial charge on any atom is 0.0480 e. The van der Waals surface area contributed by atoms with Gasteiger partial charge < -0.3 is 10.3 Å². The van der Waals surface area contributed by atoms with Crippen molar-refractivity contribution in [1.82, 2.24) is 4.57 Å². The van der Waals surface area contributed by atoms with E-state index in [1.165, 1.54) is 10.9 Å². The number of rotatable bonds is 2. The molecule has 1 heterocycles. The Morgan fingerprint density at radius 3 is 2.11 bits per heavy atom. The molecule has 102 valence electrons. The molecule has 0 atom stereocenters. The summed E-state index contributed by atoms with van der Waals surface area (Å²) in [6.07, 6.45) is 2.10. The second-order valence-electron chi connectivity index (χ2n) is 4.49. The van der Waals surface area contributed by atoms with E-state index >= 15 is 0 Å². The van der Waals surface area contributed by atoms with E-state index in [4.69, 9.17) is 5.73 Å². The minimum absolute atomic E-state index is 0.165. The Morgan fingerprint density at radius 1 is 1.00 bits per heavy atom. The summed E-state index contributed by atoms with van der Waals surface area (Å²) in [6, 6.07) is 10.5. The van der Waals surface area contributed by atoms with Gasteiger partial charge >= 0.3 is 0 Å². The third kappa shape index (κ3) is 4.92. The first-order valence-electron chi connectivity index (χ1n) is 6.89. The second-order valence-corrected chi connectivity index (χ2v) is 4.49. The predicted octanol–water partition coefficient (Wildman–Crippen LogP) is 4.43. The third-order valence-corrected chi connectivity index (χ3v) is 2.26. The van der Waals surface area contributed by atoms with Crippen molar-refractivity contribution in [1.29, 1.82) is 0 Å². The van der Waals surface area contributed by atoms with E-state index in [2.05, 4.69) is 41.1 Å². The lowest BCUT2D eigenvalue weighted by molar-refractivity contribution is 0.441. The zero-order valence-electron chi connectivity index (χ0n) is 12.7. The Morgan fingerprint density at radius 2 is 1.56 bits per heavy atom. The number of benzene rings is 1. The van der Waals surface area contributed by atoms with Crippen molar-refractivity contribution < 1.29 is 0 Å². The molecule has 0 spiro atoms. The van der Waals surface area contributed by atoms with E-state index in [9.17, 15) is 0 Å². The Balaban J connectivity index is 0.000000659. The predicted molar refractivity (Wildman–Crippen MR) is 82.9 cm³/mol. The maximum atomic E-state index is 6.00. The number of para-hydroxylation sites is 1. The van der Waals surface area contributed by atoms with Crippen molar-refractivity contribution in [3.63, 3.8) is 0 Å². The lowest BCUT2D eigenvalue weighted by atomic mass is 10.1. The molecule has 0 saturated heterocycles. The lowest BCUT2D eigenvalue weighted by Crippen LogP contribution is -2.36. The quantitative estimate of drug-likeness (QED) is 0.837. The van der Waals surface area contributed by atoms with Gasteiger partial charge in [0.2, 0.25) is 0 Å². The Bertz CT molecular complexity index is 436. The van der Waals surface area contributed by atoms with Crippen molar-refractivity contribution in [3.8, 4) is 0 Å². The first kappa shape index (κ1) is 16.7. The summed E-state index contributed by atoms with van der Waals surface area (Å²) in [5, 5.41) is 1.27. The molecule has 0 aliphatic carbocycles. The van der Waals surface area contributed by atoms with Crippen LogP contribution in [-0.2, 0) is 6.54 Å². The van der Waals surface area contributed by atoms with Crippen LogP contribution >= 0.6 is 0 Å². The summed E-state index contributed by atoms with van der Waals surface area (Å²) < 4.78 is 2.20. The number of nitrogens with zero attached hydrogens (tertiary/aromatic N) is 1. The van der Waals surface area contributed by atoms with Crippen LogP contribution in [0, 0.1) is 0 Å². The van der Waals surface area contributed by atoms with Crippen molar-refractivity contribution >= 4 is 10.9 Å². The summed E-state index contributed by atoms with van der Waals surface area (Å²) >= 11 is 0. The van der Waals surface area contributed by atoms with Gasteiger partial charge in [-0.1, -0.05) is 45.9 Å². The second kappa shape index (κ2) is 7.93. The van der Waals surface area contributed by atoms with E-state index in [-0.39, 0.29) is 5.54 Å². The van der Waals surface area contributed by atoms with Crippen LogP contribution in [-0.4, -0.2) is 10.1 Å². The fraction of sp³-hybridized carbons (Fsp3) is 0.500. The van der Waals surface area contributed by atoms with Crippen LogP contribution in [0.2, 0.25) is 0 Å². The number of fused-ring (bicyclic) bond motifs is 1. The molecule has 0 aliphatic rings. The molecule has 2 nitrogen and oxygen atoms in total. The van der Waals surface area contributed by atoms with Gasteiger partial charge in [0, 0.05) is 23.8 Å². The number of nitrogens with two attached hydrogens (primary N) is 1. The molecule has 1 aromatic carbocycles. The number of aromatic nitrogens is 1. The molecular formula is C16H28N2. The molecule has 2 N–H and O–H groups in total. The Kier molecular flexibility index (Phi) is 7.37. The van der Waals surface area contributed by atoms with Gasteiger partial charge in [-0.15, -0.1) is 0 Å². The molecule has 0 radical (unpaired) electrons. The molecule has 2 rings (SSSR count). The van der Waals surface area contributed by atoms with Gasteiger partial charge in [-0.3, -0.25) is 0 Å². The largest absolute Gasteiger partial charge is 0.346 e. The van der Waals surface area contributed by atoms with Crippen LogP contribution in [0.3, 0.4) is 0 Å². The molecule has 0 unspecified atom stereocenters. The molecule has 18 heavy (non-hydrogen) atoms. The summed E-state index contributed by atoms with van der Waals surface area (Å²) in [5.74, 6) is 0. The van der Waals surface area contributed by atoms with Crippen molar-refractivity contribution in [2.24, 2.45) is 5.73 Å². The van der Waals surface area contributed by atoms with Crippen LogP contribution in [0.4, 0.5) is 0 Å². The van der Waals surface area contributed by atoms with Gasteiger partial charge in [-0.05, 0) is 31.4 Å². The fourth-order valence-corrected chi connectivity index (χ4v) is 1.72. The first-order valence-corrected chi connectivity index (χ1v) is 6.89. The highest BCUT2D eigenvalue weighted by molar-refractivity contribution is 5.79. The number of hydrogen-bond donors (Lipinski definition) is 1. The minimum Gasteiger partial charge on any atom is -0.346 e. The van der Waals surface area contributed by atoms with Crippen LogP contribution in [0.25, 0.3) is 10.9 Å². The molecule has 0 fully saturated rings. The zero-order chi connectivity index (χ0) is 14.2. The van der Waals surface area contributed by atoms with E-state index in [1.54, 1.807) is 0 Å². The van der Waals surface area contributed by atoms with Crippen LogP contribution < -0.4 is 5.73 Å². The first-order chi connectivity index (χ1) is 8.56. The standard InChI is InChI=1S/C12H16N2.2C2H6/c1-12(2,13)9-14-8-7-10-5-3-4-6-11(10)14;2*1-2/h3-8H,9,13H2,1-2H3;2*1-2H3. The Hall–Kier alpha value is -1.28. The molecule has 0 saturated carbocycles. The number of hydrogen-bond acceptors (Lipinski definition) is 1. The monoisotopic (exact) mass is 248 g/mol. The third-order valence-electron chi connectivity index (χ3n) is 2.26. The SMILES string of the molecule is CC.CC.CC(C)(N)Cn1ccc2ccccc21. The van der Waals surface area contributed by atoms with Crippen LogP contribution in [0.5, 0.6) is 0 Å². The molecular weight excluding hydrogens is 220 g/mol. The van der Waals surface area contributed by atoms with Crippen LogP contribution in [0.15, 0.2) is 36.5 Å². The van der Waals surface area contributed by atoms with E-state index < -0.39 is 0 Å². The zero-order valence-corrected chi connectivity index (χ0v) is 12.7. The van der Waals surface area contributed by atoms with Crippen LogP contribution in [0.1, 0.15) is 41.5 Å². The highest BCUT2D eigenvalue weighted by Gasteiger charge is 2.12.